The van der Waals surface area contributed by atoms with Gasteiger partial charge in [-0.3, -0.25) is 4.79 Å². The van der Waals surface area contributed by atoms with Crippen molar-refractivity contribution in [3.63, 3.8) is 0 Å². The molecule has 3 rings (SSSR count). The molecule has 0 N–H and O–H groups in total. The fourth-order valence-electron chi connectivity index (χ4n) is 3.41. The highest BCUT2D eigenvalue weighted by atomic mass is 16.5. The zero-order chi connectivity index (χ0) is 20.1. The van der Waals surface area contributed by atoms with Crippen molar-refractivity contribution in [3.8, 4) is 23.0 Å². The lowest BCUT2D eigenvalue weighted by molar-refractivity contribution is 0.0739. The first-order valence-electron chi connectivity index (χ1n) is 9.10. The van der Waals surface area contributed by atoms with Gasteiger partial charge < -0.3 is 28.7 Å². The summed E-state index contributed by atoms with van der Waals surface area (Å²) < 4.78 is 21.6. The van der Waals surface area contributed by atoms with Gasteiger partial charge in [-0.1, -0.05) is 6.07 Å². The summed E-state index contributed by atoms with van der Waals surface area (Å²) in [5.41, 5.74) is 1.42. The number of benzene rings is 2. The van der Waals surface area contributed by atoms with Crippen molar-refractivity contribution < 1.29 is 23.7 Å². The van der Waals surface area contributed by atoms with Gasteiger partial charge in [-0.15, -0.1) is 0 Å². The Labute approximate surface area is 165 Å². The highest BCUT2D eigenvalue weighted by Gasteiger charge is 2.28. The van der Waals surface area contributed by atoms with Crippen LogP contribution in [0.2, 0.25) is 0 Å². The Morgan fingerprint density at radius 3 is 1.93 bits per heavy atom. The largest absolute Gasteiger partial charge is 0.497 e. The highest BCUT2D eigenvalue weighted by molar-refractivity contribution is 6.00. The third-order valence-electron chi connectivity index (χ3n) is 4.94. The van der Waals surface area contributed by atoms with Gasteiger partial charge in [0.05, 0.1) is 34.1 Å². The summed E-state index contributed by atoms with van der Waals surface area (Å²) in [7, 11) is 6.40. The van der Waals surface area contributed by atoms with E-state index in [1.165, 1.54) is 0 Å². The molecule has 0 unspecified atom stereocenters. The predicted molar refractivity (Wildman–Crippen MR) is 107 cm³/mol. The summed E-state index contributed by atoms with van der Waals surface area (Å²) >= 11 is 0. The third kappa shape index (κ3) is 3.78. The van der Waals surface area contributed by atoms with Crippen molar-refractivity contribution in [1.29, 1.82) is 0 Å². The maximum atomic E-state index is 13.1. The molecule has 7 heteroatoms. The van der Waals surface area contributed by atoms with E-state index in [1.807, 2.05) is 23.1 Å². The second-order valence-electron chi connectivity index (χ2n) is 6.35. The van der Waals surface area contributed by atoms with E-state index in [0.717, 1.165) is 17.2 Å². The maximum absolute atomic E-state index is 13.1. The van der Waals surface area contributed by atoms with Crippen LogP contribution in [0.4, 0.5) is 5.69 Å². The molecule has 0 bridgehead atoms. The van der Waals surface area contributed by atoms with Gasteiger partial charge in [-0.05, 0) is 24.3 Å². The van der Waals surface area contributed by atoms with Crippen LogP contribution in [0.15, 0.2) is 36.4 Å². The van der Waals surface area contributed by atoms with Crippen LogP contribution in [-0.2, 0) is 0 Å². The molecule has 1 heterocycles. The molecule has 0 saturated carbocycles. The first-order valence-corrected chi connectivity index (χ1v) is 9.10. The van der Waals surface area contributed by atoms with Crippen LogP contribution >= 0.6 is 0 Å². The second-order valence-corrected chi connectivity index (χ2v) is 6.35. The Hall–Kier alpha value is -3.09. The predicted octanol–water partition coefficient (Wildman–Crippen LogP) is 2.68. The minimum absolute atomic E-state index is 0.0912. The molecular formula is C21H26N2O5. The lowest BCUT2D eigenvalue weighted by atomic mass is 10.1. The van der Waals surface area contributed by atoms with Crippen molar-refractivity contribution in [2.24, 2.45) is 0 Å². The maximum Gasteiger partial charge on any atom is 0.261 e. The van der Waals surface area contributed by atoms with E-state index < -0.39 is 0 Å². The van der Waals surface area contributed by atoms with Gasteiger partial charge in [0.25, 0.3) is 5.91 Å². The normalized spacial score (nSPS) is 13.9. The fourth-order valence-corrected chi connectivity index (χ4v) is 3.41. The SMILES string of the molecule is COc1ccc(OC)c(N2CCN(C(=O)c3c(OC)cccc3OC)CC2)c1. The van der Waals surface area contributed by atoms with Gasteiger partial charge in [0.1, 0.15) is 28.6 Å². The van der Waals surface area contributed by atoms with Crippen LogP contribution in [0, 0.1) is 0 Å². The lowest BCUT2D eigenvalue weighted by Crippen LogP contribution is -2.49. The molecule has 0 aliphatic carbocycles. The summed E-state index contributed by atoms with van der Waals surface area (Å²) in [4.78, 5) is 17.2. The number of hydrogen-bond acceptors (Lipinski definition) is 6. The average Bonchev–Trinajstić information content (AvgIpc) is 2.77. The van der Waals surface area contributed by atoms with Gasteiger partial charge in [0.2, 0.25) is 0 Å². The average molecular weight is 386 g/mol. The summed E-state index contributed by atoms with van der Waals surface area (Å²) in [6.07, 6.45) is 0. The smallest absolute Gasteiger partial charge is 0.261 e. The van der Waals surface area contributed by atoms with Gasteiger partial charge in [0.15, 0.2) is 0 Å². The minimum atomic E-state index is -0.0912. The van der Waals surface area contributed by atoms with Crippen LogP contribution in [0.25, 0.3) is 0 Å². The lowest BCUT2D eigenvalue weighted by Gasteiger charge is -2.37. The van der Waals surface area contributed by atoms with E-state index in [4.69, 9.17) is 18.9 Å². The van der Waals surface area contributed by atoms with Gasteiger partial charge in [-0.25, -0.2) is 0 Å². The number of carbonyl (C=O) groups excluding carboxylic acids is 1. The molecule has 0 atom stereocenters. The molecule has 28 heavy (non-hydrogen) atoms. The first-order chi connectivity index (χ1) is 13.6. The van der Waals surface area contributed by atoms with Crippen molar-refractivity contribution in [2.45, 2.75) is 0 Å². The molecule has 150 valence electrons. The highest BCUT2D eigenvalue weighted by Crippen LogP contribution is 2.34. The molecular weight excluding hydrogens is 360 g/mol. The first kappa shape index (κ1) is 19.7. The molecule has 1 aliphatic rings. The van der Waals surface area contributed by atoms with E-state index >= 15 is 0 Å². The third-order valence-corrected chi connectivity index (χ3v) is 4.94. The Bertz CT molecular complexity index is 809. The van der Waals surface area contributed by atoms with E-state index in [1.54, 1.807) is 46.6 Å². The number of carbonyl (C=O) groups is 1. The number of ether oxygens (including phenoxy) is 4. The molecule has 0 radical (unpaired) electrons. The van der Waals surface area contributed by atoms with Gasteiger partial charge in [0, 0.05) is 32.2 Å². The molecule has 2 aromatic rings. The standard InChI is InChI=1S/C21H26N2O5/c1-25-15-8-9-17(26-2)16(14-15)22-10-12-23(13-11-22)21(24)20-18(27-3)6-5-7-19(20)28-4/h5-9,14H,10-13H2,1-4H3. The number of piperazine rings is 1. The molecule has 7 nitrogen and oxygen atoms in total. The number of amides is 1. The topological polar surface area (TPSA) is 60.5 Å². The van der Waals surface area contributed by atoms with Crippen LogP contribution in [-0.4, -0.2) is 65.4 Å². The Morgan fingerprint density at radius 1 is 0.786 bits per heavy atom. The molecule has 2 aromatic carbocycles. The van der Waals surface area contributed by atoms with Crippen LogP contribution in [0.1, 0.15) is 10.4 Å². The minimum Gasteiger partial charge on any atom is -0.497 e. The van der Waals surface area contributed by atoms with Gasteiger partial charge in [-0.2, -0.15) is 0 Å². The Morgan fingerprint density at radius 2 is 1.39 bits per heavy atom. The van der Waals surface area contributed by atoms with E-state index in [9.17, 15) is 4.79 Å². The molecule has 1 amide bonds. The summed E-state index contributed by atoms with van der Waals surface area (Å²) in [6.45, 7) is 2.54. The Balaban J connectivity index is 1.77. The number of hydrogen-bond donors (Lipinski definition) is 0. The Kier molecular flexibility index (Phi) is 6.13. The van der Waals surface area contributed by atoms with E-state index in [2.05, 4.69) is 4.90 Å². The molecule has 0 spiro atoms. The van der Waals surface area contributed by atoms with Crippen LogP contribution < -0.4 is 23.8 Å². The van der Waals surface area contributed by atoms with Gasteiger partial charge >= 0.3 is 0 Å². The molecule has 1 saturated heterocycles. The second kappa shape index (κ2) is 8.73. The van der Waals surface area contributed by atoms with Crippen molar-refractivity contribution >= 4 is 11.6 Å². The van der Waals surface area contributed by atoms with Crippen LogP contribution in [0.3, 0.4) is 0 Å². The molecule has 1 aliphatic heterocycles. The quantitative estimate of drug-likeness (QED) is 0.761. The van der Waals surface area contributed by atoms with Crippen molar-refractivity contribution in [3.05, 3.63) is 42.0 Å². The van der Waals surface area contributed by atoms with E-state index in [0.29, 0.717) is 43.2 Å². The van der Waals surface area contributed by atoms with Crippen LogP contribution in [0.5, 0.6) is 23.0 Å². The molecule has 0 aromatic heterocycles. The molecule has 1 fully saturated rings. The number of methoxy groups -OCH3 is 4. The number of nitrogens with zero attached hydrogens (tertiary/aromatic N) is 2. The zero-order valence-electron chi connectivity index (χ0n) is 16.7. The zero-order valence-corrected chi connectivity index (χ0v) is 16.7. The number of rotatable bonds is 6. The monoisotopic (exact) mass is 386 g/mol. The van der Waals surface area contributed by atoms with Crippen molar-refractivity contribution in [1.82, 2.24) is 4.90 Å². The fraction of sp³-hybridized carbons (Fsp3) is 0.381. The summed E-state index contributed by atoms with van der Waals surface area (Å²) in [5, 5.41) is 0. The summed E-state index contributed by atoms with van der Waals surface area (Å²) in [6, 6.07) is 11.1. The summed E-state index contributed by atoms with van der Waals surface area (Å²) in [5.74, 6) is 2.49. The van der Waals surface area contributed by atoms with E-state index in [-0.39, 0.29) is 5.91 Å². The number of anilines is 1. The van der Waals surface area contributed by atoms with Crippen molar-refractivity contribution in [2.75, 3.05) is 59.5 Å².